The highest BCUT2D eigenvalue weighted by molar-refractivity contribution is 5.91. The number of para-hydroxylation sites is 2. The van der Waals surface area contributed by atoms with E-state index in [-0.39, 0.29) is 0 Å². The van der Waals surface area contributed by atoms with Crippen LogP contribution < -0.4 is 9.47 Å². The van der Waals surface area contributed by atoms with E-state index < -0.39 is 0 Å². The molecule has 0 N–H and O–H groups in total. The first-order valence-corrected chi connectivity index (χ1v) is 13.3. The largest absolute Gasteiger partial charge is 0.453 e. The van der Waals surface area contributed by atoms with Crippen molar-refractivity contribution in [3.05, 3.63) is 168 Å². The third-order valence-electron chi connectivity index (χ3n) is 6.30. The summed E-state index contributed by atoms with van der Waals surface area (Å²) < 4.78 is 12.4. The number of aryl methyl sites for hydroxylation is 1. The van der Waals surface area contributed by atoms with Crippen molar-refractivity contribution in [2.24, 2.45) is 4.99 Å². The predicted octanol–water partition coefficient (Wildman–Crippen LogP) is 9.95. The summed E-state index contributed by atoms with van der Waals surface area (Å²) in [5.74, 6) is 2.79. The molecule has 0 heterocycles. The van der Waals surface area contributed by atoms with Crippen LogP contribution in [0.3, 0.4) is 0 Å². The van der Waals surface area contributed by atoms with E-state index in [9.17, 15) is 0 Å². The third-order valence-corrected chi connectivity index (χ3v) is 6.30. The Morgan fingerprint density at radius 2 is 1.25 bits per heavy atom. The van der Waals surface area contributed by atoms with Crippen LogP contribution in [0.5, 0.6) is 23.0 Å². The van der Waals surface area contributed by atoms with E-state index in [0.29, 0.717) is 18.0 Å². The zero-order valence-electron chi connectivity index (χ0n) is 22.5. The van der Waals surface area contributed by atoms with Crippen molar-refractivity contribution in [3.63, 3.8) is 0 Å². The average Bonchev–Trinajstić information content (AvgIpc) is 3.00. The van der Waals surface area contributed by atoms with Crippen LogP contribution in [0.25, 0.3) is 11.6 Å². The van der Waals surface area contributed by atoms with E-state index in [1.165, 1.54) is 11.1 Å². The van der Waals surface area contributed by atoms with Gasteiger partial charge in [0, 0.05) is 6.21 Å². The second kappa shape index (κ2) is 13.6. The van der Waals surface area contributed by atoms with Crippen LogP contribution in [0, 0.1) is 6.92 Å². The van der Waals surface area contributed by atoms with Gasteiger partial charge in [0.1, 0.15) is 11.5 Å². The molecule has 0 fully saturated rings. The molecule has 5 aromatic carbocycles. The minimum atomic E-state index is 0.642. The molecule has 5 rings (SSSR count). The maximum absolute atomic E-state index is 6.26. The fourth-order valence-electron chi connectivity index (χ4n) is 4.22. The van der Waals surface area contributed by atoms with Crippen LogP contribution in [0.4, 0.5) is 0 Å². The fourth-order valence-corrected chi connectivity index (χ4v) is 4.22. The molecule has 196 valence electrons. The molecule has 0 spiro atoms. The zero-order valence-corrected chi connectivity index (χ0v) is 22.5. The Morgan fingerprint density at radius 3 is 1.93 bits per heavy atom. The number of ether oxygens (including phenoxy) is 2. The van der Waals surface area contributed by atoms with Gasteiger partial charge in [-0.2, -0.15) is 0 Å². The Balaban J connectivity index is 1.44. The first kappa shape index (κ1) is 26.5. The van der Waals surface area contributed by atoms with Crippen molar-refractivity contribution < 1.29 is 9.47 Å². The maximum Gasteiger partial charge on any atom is 0.170 e. The van der Waals surface area contributed by atoms with Crippen LogP contribution in [-0.2, 0) is 6.54 Å². The van der Waals surface area contributed by atoms with Crippen LogP contribution in [0.15, 0.2) is 151 Å². The predicted molar refractivity (Wildman–Crippen MR) is 166 cm³/mol. The second-order valence-corrected chi connectivity index (χ2v) is 9.28. The minimum absolute atomic E-state index is 0.642. The number of benzene rings is 5. The van der Waals surface area contributed by atoms with Crippen molar-refractivity contribution in [1.29, 1.82) is 0 Å². The summed E-state index contributed by atoms with van der Waals surface area (Å²) in [4.78, 5) is 4.63. The van der Waals surface area contributed by atoms with E-state index in [2.05, 4.69) is 66.5 Å². The number of allylic oxidation sites excluding steroid dienone is 3. The van der Waals surface area contributed by atoms with Gasteiger partial charge in [-0.05, 0) is 77.2 Å². The Labute approximate surface area is 236 Å². The first-order valence-electron chi connectivity index (χ1n) is 13.3. The summed E-state index contributed by atoms with van der Waals surface area (Å²) in [6, 6.07) is 44.1. The molecule has 0 unspecified atom stereocenters. The molecule has 0 saturated heterocycles. The summed E-state index contributed by atoms with van der Waals surface area (Å²) in [6.45, 7) is 2.77. The zero-order chi connectivity index (χ0) is 27.4. The molecule has 0 aliphatic rings. The number of hydrogen-bond donors (Lipinski definition) is 0. The van der Waals surface area contributed by atoms with E-state index in [4.69, 9.17) is 9.47 Å². The third kappa shape index (κ3) is 7.46. The molecule has 3 nitrogen and oxygen atoms in total. The van der Waals surface area contributed by atoms with E-state index in [1.807, 2.05) is 103 Å². The van der Waals surface area contributed by atoms with Gasteiger partial charge in [0.05, 0.1) is 6.54 Å². The molecular formula is C37H31NO2. The number of aliphatic imine (C=N–C) groups is 1. The van der Waals surface area contributed by atoms with Crippen LogP contribution in [0.1, 0.15) is 22.3 Å². The Kier molecular flexibility index (Phi) is 8.99. The maximum atomic E-state index is 6.26. The average molecular weight is 522 g/mol. The second-order valence-electron chi connectivity index (χ2n) is 9.28. The Hall–Kier alpha value is -5.15. The quantitative estimate of drug-likeness (QED) is 0.135. The summed E-state index contributed by atoms with van der Waals surface area (Å²) in [6.07, 6.45) is 8.17. The molecule has 0 saturated carbocycles. The number of rotatable bonds is 10. The van der Waals surface area contributed by atoms with Gasteiger partial charge in [-0.3, -0.25) is 4.99 Å². The van der Waals surface area contributed by atoms with Crippen molar-refractivity contribution >= 4 is 17.9 Å². The van der Waals surface area contributed by atoms with Crippen molar-refractivity contribution in [3.8, 4) is 23.0 Å². The van der Waals surface area contributed by atoms with E-state index in [1.54, 1.807) is 0 Å². The fraction of sp³-hybridized carbons (Fsp3) is 0.0541. The van der Waals surface area contributed by atoms with Crippen molar-refractivity contribution in [1.82, 2.24) is 0 Å². The lowest BCUT2D eigenvalue weighted by atomic mass is 9.99. The molecule has 0 aliphatic carbocycles. The van der Waals surface area contributed by atoms with Gasteiger partial charge in [-0.15, -0.1) is 0 Å². The topological polar surface area (TPSA) is 30.8 Å². The van der Waals surface area contributed by atoms with Crippen LogP contribution >= 0.6 is 0 Å². The standard InChI is InChI=1S/C37H31NO2/c1-29-13-11-12-20-35(29)32(25-26-38-28-31-14-5-2-6-15-31)23-21-30-22-24-36(39-33-16-7-3-8-17-33)37(27-30)40-34-18-9-4-10-19-34/h2-27H,28H2,1H3/b23-21?,32-25-,38-26?. The SMILES string of the molecule is Cc1ccccc1/C(C=Cc1ccc(Oc2ccccc2)c(Oc2ccccc2)c1)=C\C=NCc1ccccc1. The van der Waals surface area contributed by atoms with Gasteiger partial charge in [-0.25, -0.2) is 0 Å². The van der Waals surface area contributed by atoms with Crippen LogP contribution in [0.2, 0.25) is 0 Å². The smallest absolute Gasteiger partial charge is 0.170 e. The van der Waals surface area contributed by atoms with Gasteiger partial charge >= 0.3 is 0 Å². The molecule has 40 heavy (non-hydrogen) atoms. The summed E-state index contributed by atoms with van der Waals surface area (Å²) in [5, 5.41) is 0. The molecule has 5 aromatic rings. The number of nitrogens with zero attached hydrogens (tertiary/aromatic N) is 1. The Morgan fingerprint density at radius 1 is 0.650 bits per heavy atom. The molecule has 0 atom stereocenters. The Bertz CT molecular complexity index is 1600. The van der Waals surface area contributed by atoms with Crippen molar-refractivity contribution in [2.45, 2.75) is 13.5 Å². The van der Waals surface area contributed by atoms with Gasteiger partial charge in [0.25, 0.3) is 0 Å². The van der Waals surface area contributed by atoms with Gasteiger partial charge in [-0.1, -0.05) is 109 Å². The van der Waals surface area contributed by atoms with Gasteiger partial charge in [0.15, 0.2) is 11.5 Å². The molecule has 0 aromatic heterocycles. The highest BCUT2D eigenvalue weighted by Gasteiger charge is 2.09. The lowest BCUT2D eigenvalue weighted by Crippen LogP contribution is -1.91. The van der Waals surface area contributed by atoms with Crippen molar-refractivity contribution in [2.75, 3.05) is 0 Å². The summed E-state index contributed by atoms with van der Waals surface area (Å²) in [5.41, 5.74) is 5.62. The first-order chi connectivity index (χ1) is 19.7. The van der Waals surface area contributed by atoms with Gasteiger partial charge < -0.3 is 9.47 Å². The van der Waals surface area contributed by atoms with Gasteiger partial charge in [0.2, 0.25) is 0 Å². The lowest BCUT2D eigenvalue weighted by Gasteiger charge is -2.13. The monoisotopic (exact) mass is 521 g/mol. The molecule has 0 aliphatic heterocycles. The molecule has 0 amide bonds. The normalized spacial score (nSPS) is 11.7. The molecular weight excluding hydrogens is 490 g/mol. The molecule has 0 bridgehead atoms. The van der Waals surface area contributed by atoms with Crippen LogP contribution in [-0.4, -0.2) is 6.21 Å². The van der Waals surface area contributed by atoms with E-state index >= 15 is 0 Å². The summed E-state index contributed by atoms with van der Waals surface area (Å²) >= 11 is 0. The lowest BCUT2D eigenvalue weighted by molar-refractivity contribution is 0.418. The minimum Gasteiger partial charge on any atom is -0.453 e. The number of hydrogen-bond acceptors (Lipinski definition) is 3. The molecule has 3 heteroatoms. The summed E-state index contributed by atoms with van der Waals surface area (Å²) in [7, 11) is 0. The van der Waals surface area contributed by atoms with E-state index in [0.717, 1.165) is 28.2 Å². The highest BCUT2D eigenvalue weighted by atomic mass is 16.5. The highest BCUT2D eigenvalue weighted by Crippen LogP contribution is 2.36. The molecule has 0 radical (unpaired) electrons.